The summed E-state index contributed by atoms with van der Waals surface area (Å²) in [6.45, 7) is 7.39. The van der Waals surface area contributed by atoms with E-state index in [1.54, 1.807) is 0 Å². The number of hydrogen-bond acceptors (Lipinski definition) is 4. The number of rotatable bonds is 10. The van der Waals surface area contributed by atoms with Gasteiger partial charge in [0.15, 0.2) is 0 Å². The van der Waals surface area contributed by atoms with Crippen molar-refractivity contribution in [2.24, 2.45) is 0 Å². The van der Waals surface area contributed by atoms with Crippen molar-refractivity contribution in [3.63, 3.8) is 0 Å². The summed E-state index contributed by atoms with van der Waals surface area (Å²) in [4.78, 5) is 25.9. The van der Waals surface area contributed by atoms with Crippen molar-refractivity contribution >= 4 is 11.8 Å². The van der Waals surface area contributed by atoms with Crippen LogP contribution in [0.2, 0.25) is 0 Å². The second kappa shape index (κ2) is 11.2. The molecule has 0 bridgehead atoms. The van der Waals surface area contributed by atoms with Crippen molar-refractivity contribution in [3.05, 3.63) is 71.8 Å². The van der Waals surface area contributed by atoms with Crippen molar-refractivity contribution in [2.75, 3.05) is 0 Å². The monoisotopic (exact) mass is 440 g/mol. The van der Waals surface area contributed by atoms with E-state index in [0.717, 1.165) is 11.1 Å². The molecule has 0 heterocycles. The number of carbonyl (C=O) groups is 2. The van der Waals surface area contributed by atoms with Gasteiger partial charge in [0.1, 0.15) is 0 Å². The Morgan fingerprint density at radius 2 is 0.938 bits per heavy atom. The maximum Gasteiger partial charge on any atom is 0.309 e. The molecule has 6 nitrogen and oxygen atoms in total. The second-order valence-electron chi connectivity index (χ2n) is 8.26. The van der Waals surface area contributed by atoms with Crippen molar-refractivity contribution in [3.8, 4) is 0 Å². The topological polar surface area (TPSA) is 98.7 Å². The van der Waals surface area contributed by atoms with E-state index in [1.807, 2.05) is 88.4 Å². The molecule has 0 aromatic heterocycles. The minimum Gasteiger partial charge on any atom is -0.387 e. The van der Waals surface area contributed by atoms with Crippen LogP contribution >= 0.6 is 0 Å². The SMILES string of the molecule is CCC(O)(CC)C(NC(=O)C(=O)NC(c1ccccc1)C(O)(CC)CC)c1ccccc1. The van der Waals surface area contributed by atoms with Crippen LogP contribution in [0.25, 0.3) is 0 Å². The molecule has 2 unspecified atom stereocenters. The molecule has 174 valence electrons. The molecule has 0 spiro atoms. The van der Waals surface area contributed by atoms with E-state index in [9.17, 15) is 19.8 Å². The average molecular weight is 441 g/mol. The van der Waals surface area contributed by atoms with E-state index in [-0.39, 0.29) is 0 Å². The predicted octanol–water partition coefficient (Wildman–Crippen LogP) is 3.80. The molecule has 2 aromatic rings. The summed E-state index contributed by atoms with van der Waals surface area (Å²) in [6, 6.07) is 16.8. The smallest absolute Gasteiger partial charge is 0.309 e. The van der Waals surface area contributed by atoms with Crippen molar-refractivity contribution in [1.82, 2.24) is 10.6 Å². The van der Waals surface area contributed by atoms with Gasteiger partial charge in [-0.15, -0.1) is 0 Å². The Balaban J connectivity index is 2.31. The Morgan fingerprint density at radius 1 is 0.656 bits per heavy atom. The van der Waals surface area contributed by atoms with Crippen LogP contribution in [0.3, 0.4) is 0 Å². The molecular formula is C26H36N2O4. The molecule has 6 heteroatoms. The fourth-order valence-corrected chi connectivity index (χ4v) is 4.06. The average Bonchev–Trinajstić information content (AvgIpc) is 2.85. The lowest BCUT2D eigenvalue weighted by atomic mass is 9.83. The molecule has 2 amide bonds. The molecule has 0 saturated heterocycles. The number of hydrogen-bond donors (Lipinski definition) is 4. The molecule has 2 atom stereocenters. The third-order valence-corrected chi connectivity index (χ3v) is 6.55. The third kappa shape index (κ3) is 5.75. The van der Waals surface area contributed by atoms with Gasteiger partial charge in [0.05, 0.1) is 23.3 Å². The van der Waals surface area contributed by atoms with Crippen LogP contribution in [-0.2, 0) is 9.59 Å². The highest BCUT2D eigenvalue weighted by atomic mass is 16.3. The Bertz CT molecular complexity index is 788. The summed E-state index contributed by atoms with van der Waals surface area (Å²) in [7, 11) is 0. The van der Waals surface area contributed by atoms with Crippen LogP contribution in [0.4, 0.5) is 0 Å². The zero-order valence-corrected chi connectivity index (χ0v) is 19.5. The first-order valence-corrected chi connectivity index (χ1v) is 11.4. The van der Waals surface area contributed by atoms with E-state index >= 15 is 0 Å². The molecule has 0 aliphatic carbocycles. The van der Waals surface area contributed by atoms with Gasteiger partial charge in [-0.25, -0.2) is 0 Å². The Hall–Kier alpha value is -2.70. The third-order valence-electron chi connectivity index (χ3n) is 6.55. The quantitative estimate of drug-likeness (QED) is 0.422. The summed E-state index contributed by atoms with van der Waals surface area (Å²) in [5.74, 6) is -1.70. The molecular weight excluding hydrogens is 404 g/mol. The van der Waals surface area contributed by atoms with Gasteiger partial charge in [-0.3, -0.25) is 9.59 Å². The number of aliphatic hydroxyl groups is 2. The number of benzene rings is 2. The fraction of sp³-hybridized carbons (Fsp3) is 0.462. The molecule has 0 aliphatic rings. The van der Waals surface area contributed by atoms with E-state index in [0.29, 0.717) is 25.7 Å². The molecule has 4 N–H and O–H groups in total. The Morgan fingerprint density at radius 3 is 1.19 bits per heavy atom. The van der Waals surface area contributed by atoms with Gasteiger partial charge in [-0.2, -0.15) is 0 Å². The minimum absolute atomic E-state index is 0.406. The summed E-state index contributed by atoms with van der Waals surface area (Å²) in [6.07, 6.45) is 1.62. The fourth-order valence-electron chi connectivity index (χ4n) is 4.06. The predicted molar refractivity (Wildman–Crippen MR) is 126 cm³/mol. The van der Waals surface area contributed by atoms with Crippen molar-refractivity contribution < 1.29 is 19.8 Å². The summed E-state index contributed by atoms with van der Waals surface area (Å²) >= 11 is 0. The van der Waals surface area contributed by atoms with Crippen LogP contribution in [0.1, 0.15) is 76.6 Å². The highest BCUT2D eigenvalue weighted by molar-refractivity contribution is 6.35. The Labute approximate surface area is 191 Å². The maximum atomic E-state index is 13.0. The minimum atomic E-state index is -1.20. The molecule has 0 radical (unpaired) electrons. The van der Waals surface area contributed by atoms with Gasteiger partial charge in [0.25, 0.3) is 0 Å². The first-order chi connectivity index (χ1) is 15.2. The van der Waals surface area contributed by atoms with Gasteiger partial charge in [0, 0.05) is 0 Å². The normalized spacial score (nSPS) is 13.8. The standard InChI is InChI=1S/C26H36N2O4/c1-5-25(31,6-2)21(19-15-11-9-12-16-19)27-23(29)24(30)28-22(26(32,7-3)8-4)20-17-13-10-14-18-20/h9-18,21-22,31-32H,5-8H2,1-4H3,(H,27,29)(H,28,30). The van der Waals surface area contributed by atoms with Crippen LogP contribution in [0, 0.1) is 0 Å². The van der Waals surface area contributed by atoms with Gasteiger partial charge in [0.2, 0.25) is 0 Å². The van der Waals surface area contributed by atoms with Crippen molar-refractivity contribution in [2.45, 2.75) is 76.7 Å². The zero-order chi connectivity index (χ0) is 23.8. The van der Waals surface area contributed by atoms with E-state index in [4.69, 9.17) is 0 Å². The molecule has 0 saturated carbocycles. The zero-order valence-electron chi connectivity index (χ0n) is 19.5. The van der Waals surface area contributed by atoms with Crippen LogP contribution in [-0.4, -0.2) is 33.2 Å². The number of amides is 2. The Kier molecular flexibility index (Phi) is 8.99. The highest BCUT2D eigenvalue weighted by Gasteiger charge is 2.39. The lowest BCUT2D eigenvalue weighted by molar-refractivity contribution is -0.143. The van der Waals surface area contributed by atoms with Gasteiger partial charge < -0.3 is 20.8 Å². The molecule has 32 heavy (non-hydrogen) atoms. The highest BCUT2D eigenvalue weighted by Crippen LogP contribution is 2.33. The van der Waals surface area contributed by atoms with Crippen molar-refractivity contribution in [1.29, 1.82) is 0 Å². The van der Waals surface area contributed by atoms with Crippen LogP contribution in [0.5, 0.6) is 0 Å². The second-order valence-corrected chi connectivity index (χ2v) is 8.26. The van der Waals surface area contributed by atoms with E-state index < -0.39 is 35.1 Å². The summed E-state index contributed by atoms with van der Waals surface area (Å²) in [5, 5.41) is 27.8. The molecule has 2 aromatic carbocycles. The number of nitrogens with one attached hydrogen (secondary N) is 2. The summed E-state index contributed by atoms with van der Waals surface area (Å²) in [5.41, 5.74) is -0.968. The molecule has 2 rings (SSSR count). The van der Waals surface area contributed by atoms with Gasteiger partial charge in [-0.05, 0) is 36.8 Å². The van der Waals surface area contributed by atoms with Crippen LogP contribution in [0.15, 0.2) is 60.7 Å². The lowest BCUT2D eigenvalue weighted by Gasteiger charge is -2.37. The van der Waals surface area contributed by atoms with E-state index in [2.05, 4.69) is 10.6 Å². The lowest BCUT2D eigenvalue weighted by Crippen LogP contribution is -2.52. The first-order valence-electron chi connectivity index (χ1n) is 11.4. The first kappa shape index (κ1) is 25.6. The molecule has 0 aliphatic heterocycles. The summed E-state index contributed by atoms with van der Waals surface area (Å²) < 4.78 is 0. The van der Waals surface area contributed by atoms with Crippen LogP contribution < -0.4 is 10.6 Å². The van der Waals surface area contributed by atoms with Gasteiger partial charge in [-0.1, -0.05) is 88.4 Å². The van der Waals surface area contributed by atoms with E-state index in [1.165, 1.54) is 0 Å². The number of carbonyl (C=O) groups excluding carboxylic acids is 2. The molecule has 0 fully saturated rings. The largest absolute Gasteiger partial charge is 0.387 e. The maximum absolute atomic E-state index is 13.0. The van der Waals surface area contributed by atoms with Gasteiger partial charge >= 0.3 is 11.8 Å².